The standard InChI is InChI=1S/C9H9NO4S/c11-9-4-2-1-3-8(9)7-10-5-6-15(12,13)14/h1-5,7H,6H2,(H,12,13,14)/p+1. The highest BCUT2D eigenvalue weighted by atomic mass is 32.2. The first kappa shape index (κ1) is 11.5. The van der Waals surface area contributed by atoms with Crippen molar-refractivity contribution in [1.82, 2.24) is 0 Å². The molecule has 0 aliphatic heterocycles. The van der Waals surface area contributed by atoms with Crippen molar-refractivity contribution < 1.29 is 22.8 Å². The maximum atomic E-state index is 11.2. The Morgan fingerprint density at radius 1 is 1.33 bits per heavy atom. The molecule has 0 saturated heterocycles. The summed E-state index contributed by atoms with van der Waals surface area (Å²) < 4.78 is 29.0. The fraction of sp³-hybridized carbons (Fsp3) is 0.111. The molecule has 0 aromatic carbocycles. The molecule has 0 bridgehead atoms. The van der Waals surface area contributed by atoms with Crippen LogP contribution in [-0.4, -0.2) is 30.7 Å². The van der Waals surface area contributed by atoms with Gasteiger partial charge in [-0.3, -0.25) is 9.35 Å². The van der Waals surface area contributed by atoms with Crippen molar-refractivity contribution in [3.63, 3.8) is 0 Å². The van der Waals surface area contributed by atoms with Gasteiger partial charge in [0.25, 0.3) is 10.1 Å². The van der Waals surface area contributed by atoms with Crippen molar-refractivity contribution in [1.29, 1.82) is 0 Å². The van der Waals surface area contributed by atoms with Gasteiger partial charge in [0.15, 0.2) is 24.0 Å². The van der Waals surface area contributed by atoms with E-state index in [9.17, 15) is 13.2 Å². The normalized spacial score (nSPS) is 19.3. The lowest BCUT2D eigenvalue weighted by Crippen LogP contribution is -2.63. The first-order chi connectivity index (χ1) is 6.99. The molecule has 80 valence electrons. The summed E-state index contributed by atoms with van der Waals surface area (Å²) in [7, 11) is -4.00. The number of ketones is 1. The van der Waals surface area contributed by atoms with E-state index in [2.05, 4.69) is 4.99 Å². The monoisotopic (exact) mass is 228 g/mol. The number of allylic oxidation sites excluding steroid dienone is 5. The summed E-state index contributed by atoms with van der Waals surface area (Å²) in [5, 5.41) is 0. The molecule has 0 radical (unpaired) electrons. The lowest BCUT2D eigenvalue weighted by molar-refractivity contribution is -0.367. The second kappa shape index (κ2) is 4.81. The summed E-state index contributed by atoms with van der Waals surface area (Å²) in [4.78, 5) is 13.7. The van der Waals surface area contributed by atoms with Gasteiger partial charge in [-0.15, -0.1) is 0 Å². The fourth-order valence-electron chi connectivity index (χ4n) is 0.902. The Bertz CT molecular complexity index is 468. The van der Waals surface area contributed by atoms with Gasteiger partial charge in [0, 0.05) is 0 Å². The molecule has 1 rings (SSSR count). The predicted octanol–water partition coefficient (Wildman–Crippen LogP) is -1.40. The lowest BCUT2D eigenvalue weighted by atomic mass is 10.1. The fourth-order valence-corrected chi connectivity index (χ4v) is 1.21. The molecule has 0 aromatic heterocycles. The lowest BCUT2D eigenvalue weighted by Gasteiger charge is -1.94. The van der Waals surface area contributed by atoms with Gasteiger partial charge in [-0.25, -0.2) is 4.99 Å². The Hall–Kier alpha value is -1.53. The van der Waals surface area contributed by atoms with Gasteiger partial charge in [-0.05, 0) is 12.2 Å². The summed E-state index contributed by atoms with van der Waals surface area (Å²) >= 11 is 0. The minimum absolute atomic E-state index is 0.162. The second-order valence-electron chi connectivity index (χ2n) is 2.80. The maximum Gasteiger partial charge on any atom is 0.274 e. The summed E-state index contributed by atoms with van der Waals surface area (Å²) in [6, 6.07) is 0. The molecule has 6 heteroatoms. The molecule has 1 aliphatic carbocycles. The van der Waals surface area contributed by atoms with Crippen LogP contribution in [0, 0.1) is 0 Å². The van der Waals surface area contributed by atoms with E-state index in [4.69, 9.17) is 4.55 Å². The van der Waals surface area contributed by atoms with Crippen LogP contribution in [0.15, 0.2) is 36.1 Å². The summed E-state index contributed by atoms with van der Waals surface area (Å²) in [5.74, 6) is -0.671. The van der Waals surface area contributed by atoms with Gasteiger partial charge in [0.05, 0.1) is 5.57 Å². The minimum Gasteiger partial charge on any atom is -0.289 e. The van der Waals surface area contributed by atoms with Gasteiger partial charge >= 0.3 is 0 Å². The summed E-state index contributed by atoms with van der Waals surface area (Å²) in [6.45, 7) is 0. The van der Waals surface area contributed by atoms with E-state index >= 15 is 0 Å². The highest BCUT2D eigenvalue weighted by molar-refractivity contribution is 7.86. The van der Waals surface area contributed by atoms with E-state index in [1.807, 2.05) is 0 Å². The molecule has 0 atom stereocenters. The van der Waals surface area contributed by atoms with Crippen LogP contribution in [0.2, 0.25) is 0 Å². The molecular weight excluding hydrogens is 218 g/mol. The van der Waals surface area contributed by atoms with E-state index in [-0.39, 0.29) is 5.78 Å². The molecule has 0 amide bonds. The van der Waals surface area contributed by atoms with Crippen LogP contribution in [0.25, 0.3) is 0 Å². The average molecular weight is 228 g/mol. The van der Waals surface area contributed by atoms with E-state index in [0.29, 0.717) is 5.57 Å². The topological polar surface area (TPSA) is 85.4 Å². The number of rotatable bonds is 3. The van der Waals surface area contributed by atoms with E-state index in [1.165, 1.54) is 12.3 Å². The Morgan fingerprint density at radius 2 is 2.00 bits per heavy atom. The molecular formula is C9H10NO4S+. The van der Waals surface area contributed by atoms with Crippen molar-refractivity contribution in [3.05, 3.63) is 36.1 Å². The maximum absolute atomic E-state index is 11.2. The van der Waals surface area contributed by atoms with Gasteiger partial charge in [-0.1, -0.05) is 12.2 Å². The van der Waals surface area contributed by atoms with Crippen molar-refractivity contribution in [2.24, 2.45) is 0 Å². The van der Waals surface area contributed by atoms with Crippen molar-refractivity contribution in [2.45, 2.75) is 0 Å². The zero-order valence-electron chi connectivity index (χ0n) is 7.75. The van der Waals surface area contributed by atoms with Gasteiger partial charge in [0.2, 0.25) is 0 Å². The van der Waals surface area contributed by atoms with Crippen LogP contribution in [0.3, 0.4) is 0 Å². The third-order valence-electron chi connectivity index (χ3n) is 1.57. The van der Waals surface area contributed by atoms with Gasteiger partial charge < -0.3 is 0 Å². The highest BCUT2D eigenvalue weighted by Gasteiger charge is 2.07. The Morgan fingerprint density at radius 3 is 2.60 bits per heavy atom. The molecule has 0 saturated carbocycles. The Balaban J connectivity index is 2.62. The predicted molar refractivity (Wildman–Crippen MR) is 54.8 cm³/mol. The summed E-state index contributed by atoms with van der Waals surface area (Å²) in [5.41, 5.74) is 0.420. The number of nitrogens with one attached hydrogen (secondary N) is 1. The molecule has 5 nitrogen and oxygen atoms in total. The number of carbonyl (C=O) groups is 1. The first-order valence-electron chi connectivity index (χ1n) is 4.11. The summed E-state index contributed by atoms with van der Waals surface area (Å²) in [6.07, 6.45) is 8.81. The van der Waals surface area contributed by atoms with Crippen LogP contribution >= 0.6 is 0 Å². The van der Waals surface area contributed by atoms with E-state index in [0.717, 1.165) is 6.21 Å². The first-order valence-corrected chi connectivity index (χ1v) is 5.72. The zero-order chi connectivity index (χ0) is 11.3. The Kier molecular flexibility index (Phi) is 3.70. The third kappa shape index (κ3) is 4.48. The van der Waals surface area contributed by atoms with Crippen LogP contribution in [-0.2, 0) is 14.9 Å². The van der Waals surface area contributed by atoms with Crippen LogP contribution in [0.1, 0.15) is 0 Å². The quantitative estimate of drug-likeness (QED) is 0.353. The number of hydrogen-bond acceptors (Lipinski definition) is 3. The molecule has 0 aromatic rings. The Labute approximate surface area is 87.3 Å². The molecule has 1 aliphatic rings. The van der Waals surface area contributed by atoms with Crippen molar-refractivity contribution >= 4 is 22.1 Å². The van der Waals surface area contributed by atoms with Crippen LogP contribution in [0.4, 0.5) is 0 Å². The molecule has 0 fully saturated rings. The van der Waals surface area contributed by atoms with E-state index in [1.54, 1.807) is 18.2 Å². The van der Waals surface area contributed by atoms with E-state index < -0.39 is 15.9 Å². The molecule has 0 spiro atoms. The SMILES string of the molecule is O=C1C=CC=CC1=C[NH+]=CCS(=O)(=O)O. The molecule has 15 heavy (non-hydrogen) atoms. The van der Waals surface area contributed by atoms with Crippen molar-refractivity contribution in [3.8, 4) is 0 Å². The molecule has 2 N–H and O–H groups in total. The van der Waals surface area contributed by atoms with Crippen LogP contribution in [0.5, 0.6) is 0 Å². The third-order valence-corrected chi connectivity index (χ3v) is 2.16. The second-order valence-corrected chi connectivity index (χ2v) is 4.30. The number of carbonyl (C=O) groups excluding carboxylic acids is 1. The number of hydrogen-bond donors (Lipinski definition) is 2. The highest BCUT2D eigenvalue weighted by Crippen LogP contribution is 2.02. The van der Waals surface area contributed by atoms with Gasteiger partial charge in [-0.2, -0.15) is 8.42 Å². The molecule has 0 heterocycles. The zero-order valence-corrected chi connectivity index (χ0v) is 8.57. The molecule has 0 unspecified atom stereocenters. The van der Waals surface area contributed by atoms with Gasteiger partial charge in [0.1, 0.15) is 0 Å². The largest absolute Gasteiger partial charge is 0.289 e. The van der Waals surface area contributed by atoms with Crippen LogP contribution < -0.4 is 4.99 Å². The average Bonchev–Trinajstić information content (AvgIpc) is 2.13. The van der Waals surface area contributed by atoms with Crippen molar-refractivity contribution in [2.75, 3.05) is 5.75 Å². The minimum atomic E-state index is -4.00. The smallest absolute Gasteiger partial charge is 0.274 e.